The van der Waals surface area contributed by atoms with Gasteiger partial charge in [0.05, 0.1) is 6.04 Å². The number of aromatic nitrogens is 5. The Kier molecular flexibility index (Phi) is 5.32. The third-order valence-electron chi connectivity index (χ3n) is 3.18. The molecule has 0 spiro atoms. The second kappa shape index (κ2) is 7.21. The van der Waals surface area contributed by atoms with Crippen molar-refractivity contribution in [2.45, 2.75) is 38.6 Å². The van der Waals surface area contributed by atoms with E-state index in [9.17, 15) is 4.79 Å². The van der Waals surface area contributed by atoms with Gasteiger partial charge in [-0.1, -0.05) is 13.3 Å². The number of nitrogens with zero attached hydrogens (tertiary/aromatic N) is 4. The van der Waals surface area contributed by atoms with E-state index in [0.29, 0.717) is 18.7 Å². The number of amides is 1. The number of nitrogens with one attached hydrogen (secondary N) is 2. The summed E-state index contributed by atoms with van der Waals surface area (Å²) in [6, 6.07) is -0.0687. The van der Waals surface area contributed by atoms with Gasteiger partial charge in [-0.25, -0.2) is 9.97 Å². The number of imidazole rings is 1. The highest BCUT2D eigenvalue weighted by Gasteiger charge is 2.17. The molecule has 0 aliphatic rings. The van der Waals surface area contributed by atoms with Crippen molar-refractivity contribution in [3.05, 3.63) is 29.3 Å². The lowest BCUT2D eigenvalue weighted by Gasteiger charge is -2.17. The number of hydrogen-bond acceptors (Lipinski definition) is 4. The van der Waals surface area contributed by atoms with Crippen molar-refractivity contribution in [1.82, 2.24) is 30.0 Å². The van der Waals surface area contributed by atoms with Crippen LogP contribution in [0.15, 0.2) is 12.4 Å². The van der Waals surface area contributed by atoms with Crippen molar-refractivity contribution in [3.8, 4) is 0 Å². The summed E-state index contributed by atoms with van der Waals surface area (Å²) < 4.78 is 1.93. The summed E-state index contributed by atoms with van der Waals surface area (Å²) in [6.45, 7) is 2.08. The van der Waals surface area contributed by atoms with E-state index in [1.54, 1.807) is 6.20 Å². The maximum atomic E-state index is 12.1. The van der Waals surface area contributed by atoms with Crippen LogP contribution in [0.3, 0.4) is 0 Å². The fraction of sp³-hybridized carbons (Fsp3) is 0.538. The largest absolute Gasteiger partial charge is 0.346 e. The monoisotopic (exact) mass is 310 g/mol. The zero-order valence-corrected chi connectivity index (χ0v) is 12.9. The second-order valence-corrected chi connectivity index (χ2v) is 5.19. The van der Waals surface area contributed by atoms with E-state index in [1.807, 2.05) is 17.8 Å². The number of rotatable bonds is 7. The Hall–Kier alpha value is -1.89. The number of H-pyrrole nitrogens is 1. The van der Waals surface area contributed by atoms with Crippen LogP contribution in [0.2, 0.25) is 5.28 Å². The van der Waals surface area contributed by atoms with Crippen LogP contribution in [0.25, 0.3) is 0 Å². The molecule has 114 valence electrons. The topological polar surface area (TPSA) is 88.5 Å². The molecule has 1 amide bonds. The van der Waals surface area contributed by atoms with E-state index in [-0.39, 0.29) is 17.2 Å². The number of halogens is 1. The maximum Gasteiger partial charge on any atom is 0.242 e. The average molecular weight is 311 g/mol. The van der Waals surface area contributed by atoms with Crippen LogP contribution in [0, 0.1) is 0 Å². The highest BCUT2D eigenvalue weighted by Crippen LogP contribution is 2.16. The van der Waals surface area contributed by atoms with Crippen molar-refractivity contribution < 1.29 is 4.79 Å². The van der Waals surface area contributed by atoms with Crippen molar-refractivity contribution in [1.29, 1.82) is 0 Å². The van der Waals surface area contributed by atoms with Crippen LogP contribution in [-0.2, 0) is 18.3 Å². The molecule has 0 aliphatic carbocycles. The van der Waals surface area contributed by atoms with Gasteiger partial charge in [0.15, 0.2) is 0 Å². The zero-order chi connectivity index (χ0) is 15.2. The first kappa shape index (κ1) is 15.5. The molecule has 1 atom stereocenters. The minimum absolute atomic E-state index is 0.0380. The fourth-order valence-electron chi connectivity index (χ4n) is 2.15. The Morgan fingerprint density at radius 2 is 2.38 bits per heavy atom. The first-order valence-corrected chi connectivity index (χ1v) is 7.31. The number of carbonyl (C=O) groups excluding carboxylic acids is 1. The molecule has 0 radical (unpaired) electrons. The van der Waals surface area contributed by atoms with Crippen molar-refractivity contribution in [2.75, 3.05) is 0 Å². The Bertz CT molecular complexity index is 593. The van der Waals surface area contributed by atoms with Gasteiger partial charge in [-0.05, 0) is 18.0 Å². The first-order chi connectivity index (χ1) is 10.1. The van der Waals surface area contributed by atoms with Gasteiger partial charge in [-0.2, -0.15) is 0 Å². The van der Waals surface area contributed by atoms with E-state index in [1.165, 1.54) is 0 Å². The van der Waals surface area contributed by atoms with Crippen molar-refractivity contribution >= 4 is 17.5 Å². The molecule has 2 aromatic rings. The Morgan fingerprint density at radius 1 is 1.57 bits per heavy atom. The van der Waals surface area contributed by atoms with Gasteiger partial charge >= 0.3 is 0 Å². The van der Waals surface area contributed by atoms with E-state index >= 15 is 0 Å². The second-order valence-electron chi connectivity index (χ2n) is 4.86. The summed E-state index contributed by atoms with van der Waals surface area (Å²) in [7, 11) is 1.92. The predicted molar refractivity (Wildman–Crippen MR) is 78.7 cm³/mol. The Morgan fingerprint density at radius 3 is 2.95 bits per heavy atom. The average Bonchev–Trinajstić information content (AvgIpc) is 3.05. The van der Waals surface area contributed by atoms with Crippen LogP contribution < -0.4 is 5.32 Å². The number of carbonyl (C=O) groups is 1. The smallest absolute Gasteiger partial charge is 0.242 e. The molecule has 0 saturated heterocycles. The van der Waals surface area contributed by atoms with E-state index < -0.39 is 0 Å². The van der Waals surface area contributed by atoms with Crippen LogP contribution in [0.5, 0.6) is 0 Å². The molecule has 0 unspecified atom stereocenters. The fourth-order valence-corrected chi connectivity index (χ4v) is 2.29. The normalized spacial score (nSPS) is 12.3. The van der Waals surface area contributed by atoms with Gasteiger partial charge in [0.1, 0.15) is 11.6 Å². The lowest BCUT2D eigenvalue weighted by Crippen LogP contribution is -2.30. The standard InChI is InChI=1S/C13H19ClN6O/c1-3-4-9(12-15-7-8-20(12)2)16-11(21)6-5-10-17-13(14)19-18-10/h7-9H,3-6H2,1-2H3,(H,16,21)(H,17,18,19)/t9-/m0/s1. The molecular weight excluding hydrogens is 292 g/mol. The quantitative estimate of drug-likeness (QED) is 0.816. The molecular formula is C13H19ClN6O. The molecule has 2 heterocycles. The number of aryl methyl sites for hydroxylation is 2. The molecule has 0 bridgehead atoms. The van der Waals surface area contributed by atoms with Gasteiger partial charge in [-0.15, -0.1) is 5.10 Å². The molecule has 2 N–H and O–H groups in total. The minimum Gasteiger partial charge on any atom is -0.346 e. The summed E-state index contributed by atoms with van der Waals surface area (Å²) in [4.78, 5) is 20.3. The summed E-state index contributed by atoms with van der Waals surface area (Å²) in [5.74, 6) is 1.44. The zero-order valence-electron chi connectivity index (χ0n) is 12.1. The third kappa shape index (κ3) is 4.29. The first-order valence-electron chi connectivity index (χ1n) is 6.93. The molecule has 0 aliphatic heterocycles. The molecule has 0 aromatic carbocycles. The Labute approximate surface area is 128 Å². The predicted octanol–water partition coefficient (Wildman–Crippen LogP) is 1.78. The van der Waals surface area contributed by atoms with Crippen molar-refractivity contribution in [3.63, 3.8) is 0 Å². The summed E-state index contributed by atoms with van der Waals surface area (Å²) >= 11 is 5.62. The summed E-state index contributed by atoms with van der Waals surface area (Å²) in [6.07, 6.45) is 6.24. The van der Waals surface area contributed by atoms with E-state index in [2.05, 4.69) is 32.4 Å². The molecule has 21 heavy (non-hydrogen) atoms. The molecule has 0 fully saturated rings. The number of hydrogen-bond donors (Lipinski definition) is 2. The molecule has 8 heteroatoms. The molecule has 7 nitrogen and oxygen atoms in total. The van der Waals surface area contributed by atoms with Gasteiger partial charge in [-0.3, -0.25) is 9.89 Å². The van der Waals surface area contributed by atoms with Crippen LogP contribution in [0.1, 0.15) is 43.9 Å². The van der Waals surface area contributed by atoms with Gasteiger partial charge < -0.3 is 9.88 Å². The lowest BCUT2D eigenvalue weighted by molar-refractivity contribution is -0.122. The van der Waals surface area contributed by atoms with Crippen LogP contribution in [0.4, 0.5) is 0 Å². The van der Waals surface area contributed by atoms with Gasteiger partial charge in [0, 0.05) is 32.3 Å². The van der Waals surface area contributed by atoms with Gasteiger partial charge in [0.25, 0.3) is 0 Å². The number of aromatic amines is 1. The Balaban J connectivity index is 1.91. The highest BCUT2D eigenvalue weighted by molar-refractivity contribution is 6.28. The molecule has 2 aromatic heterocycles. The lowest BCUT2D eigenvalue weighted by atomic mass is 10.1. The van der Waals surface area contributed by atoms with E-state index in [0.717, 1.165) is 18.7 Å². The van der Waals surface area contributed by atoms with Gasteiger partial charge in [0.2, 0.25) is 11.2 Å². The van der Waals surface area contributed by atoms with E-state index in [4.69, 9.17) is 11.6 Å². The maximum absolute atomic E-state index is 12.1. The van der Waals surface area contributed by atoms with Crippen LogP contribution >= 0.6 is 11.6 Å². The third-order valence-corrected chi connectivity index (χ3v) is 3.35. The summed E-state index contributed by atoms with van der Waals surface area (Å²) in [5, 5.41) is 9.60. The SMILES string of the molecule is CCC[C@H](NC(=O)CCc1nc(Cl)n[nH]1)c1nccn1C. The summed E-state index contributed by atoms with van der Waals surface area (Å²) in [5.41, 5.74) is 0. The highest BCUT2D eigenvalue weighted by atomic mass is 35.5. The van der Waals surface area contributed by atoms with Crippen molar-refractivity contribution in [2.24, 2.45) is 7.05 Å². The van der Waals surface area contributed by atoms with Crippen LogP contribution in [-0.4, -0.2) is 30.6 Å². The molecule has 2 rings (SSSR count). The minimum atomic E-state index is -0.0687. The molecule has 0 saturated carbocycles.